The van der Waals surface area contributed by atoms with E-state index in [4.69, 9.17) is 14.8 Å². The van der Waals surface area contributed by atoms with Gasteiger partial charge in [-0.1, -0.05) is 47.6 Å². The highest BCUT2D eigenvalue weighted by molar-refractivity contribution is 6.12. The second-order valence-electron chi connectivity index (χ2n) is 3.99. The number of para-hydroxylation sites is 1. The molecule has 0 aliphatic heterocycles. The minimum Gasteiger partial charge on any atom is -0.489 e. The third kappa shape index (κ3) is 3.36. The Labute approximate surface area is 117 Å². The van der Waals surface area contributed by atoms with Crippen LogP contribution in [-0.2, 0) is 11.4 Å². The molecule has 0 atom stereocenters. The Morgan fingerprint density at radius 2 is 1.80 bits per heavy atom. The first-order chi connectivity index (χ1) is 9.85. The maximum atomic E-state index is 9.12. The van der Waals surface area contributed by atoms with Gasteiger partial charge in [-0.2, -0.15) is 5.26 Å². The highest BCUT2D eigenvalue weighted by Crippen LogP contribution is 2.15. The molecule has 0 saturated heterocycles. The van der Waals surface area contributed by atoms with Crippen LogP contribution in [0.1, 0.15) is 11.1 Å². The van der Waals surface area contributed by atoms with Crippen molar-refractivity contribution in [2.45, 2.75) is 6.61 Å². The van der Waals surface area contributed by atoms with Gasteiger partial charge >= 0.3 is 0 Å². The molecule has 0 spiro atoms. The van der Waals surface area contributed by atoms with Crippen molar-refractivity contribution in [3.05, 3.63) is 65.7 Å². The summed E-state index contributed by atoms with van der Waals surface area (Å²) in [5.74, 6) is 0.782. The molecule has 2 aromatic rings. The number of hydrogen-bond acceptors (Lipinski definition) is 4. The quantitative estimate of drug-likeness (QED) is 0.617. The standard InChI is InChI=1S/C16H14N2O2/c1-19-18-16(11-17)15-10-6-5-7-13(15)12-20-14-8-3-2-4-9-14/h2-10H,12H2,1H3/b18-16-. The van der Waals surface area contributed by atoms with E-state index in [2.05, 4.69) is 5.16 Å². The third-order valence-electron chi connectivity index (χ3n) is 2.70. The maximum Gasteiger partial charge on any atom is 0.187 e. The lowest BCUT2D eigenvalue weighted by atomic mass is 10.0. The summed E-state index contributed by atoms with van der Waals surface area (Å²) < 4.78 is 5.70. The second-order valence-corrected chi connectivity index (χ2v) is 3.99. The SMILES string of the molecule is CO/N=C(/C#N)c1ccccc1COc1ccccc1. The second kappa shape index (κ2) is 6.95. The number of rotatable bonds is 5. The minimum absolute atomic E-state index is 0.236. The number of benzene rings is 2. The van der Waals surface area contributed by atoms with E-state index in [9.17, 15) is 0 Å². The van der Waals surface area contributed by atoms with Crippen LogP contribution in [0.2, 0.25) is 0 Å². The molecule has 0 aliphatic carbocycles. The Kier molecular flexibility index (Phi) is 4.74. The molecular weight excluding hydrogens is 252 g/mol. The molecule has 20 heavy (non-hydrogen) atoms. The van der Waals surface area contributed by atoms with Crippen molar-refractivity contribution in [3.63, 3.8) is 0 Å². The average molecular weight is 266 g/mol. The zero-order valence-corrected chi connectivity index (χ0v) is 11.1. The van der Waals surface area contributed by atoms with Gasteiger partial charge in [0.2, 0.25) is 0 Å². The lowest BCUT2D eigenvalue weighted by molar-refractivity contribution is 0.214. The van der Waals surface area contributed by atoms with Gasteiger partial charge in [0, 0.05) is 5.56 Å². The summed E-state index contributed by atoms with van der Waals surface area (Å²) in [5, 5.41) is 12.8. The van der Waals surface area contributed by atoms with Crippen molar-refractivity contribution < 1.29 is 9.57 Å². The van der Waals surface area contributed by atoms with E-state index in [0.29, 0.717) is 12.2 Å². The van der Waals surface area contributed by atoms with E-state index >= 15 is 0 Å². The van der Waals surface area contributed by atoms with Gasteiger partial charge in [0.25, 0.3) is 0 Å². The van der Waals surface area contributed by atoms with E-state index in [-0.39, 0.29) is 5.71 Å². The van der Waals surface area contributed by atoms with E-state index < -0.39 is 0 Å². The highest BCUT2D eigenvalue weighted by Gasteiger charge is 2.09. The fourth-order valence-electron chi connectivity index (χ4n) is 1.78. The summed E-state index contributed by atoms with van der Waals surface area (Å²) in [6, 6.07) is 19.0. The van der Waals surface area contributed by atoms with Crippen LogP contribution < -0.4 is 4.74 Å². The molecule has 0 bridgehead atoms. The first-order valence-electron chi connectivity index (χ1n) is 6.12. The van der Waals surface area contributed by atoms with Crippen molar-refractivity contribution >= 4 is 5.71 Å². The average Bonchev–Trinajstić information content (AvgIpc) is 2.52. The van der Waals surface area contributed by atoms with Crippen LogP contribution >= 0.6 is 0 Å². The molecule has 0 aliphatic rings. The van der Waals surface area contributed by atoms with E-state index in [1.54, 1.807) is 0 Å². The zero-order valence-electron chi connectivity index (χ0n) is 11.1. The van der Waals surface area contributed by atoms with Crippen LogP contribution in [0.3, 0.4) is 0 Å². The number of nitrogens with zero attached hydrogens (tertiary/aromatic N) is 2. The largest absolute Gasteiger partial charge is 0.489 e. The van der Waals surface area contributed by atoms with Crippen molar-refractivity contribution in [1.82, 2.24) is 0 Å². The van der Waals surface area contributed by atoms with Crippen molar-refractivity contribution in [2.24, 2.45) is 5.16 Å². The minimum atomic E-state index is 0.236. The molecule has 0 saturated carbocycles. The molecule has 0 N–H and O–H groups in total. The van der Waals surface area contributed by atoms with Crippen LogP contribution in [-0.4, -0.2) is 12.8 Å². The predicted octanol–water partition coefficient (Wildman–Crippen LogP) is 3.14. The van der Waals surface area contributed by atoms with Crippen molar-refractivity contribution in [1.29, 1.82) is 5.26 Å². The molecule has 100 valence electrons. The van der Waals surface area contributed by atoms with Gasteiger partial charge in [-0.3, -0.25) is 0 Å². The van der Waals surface area contributed by atoms with Crippen LogP contribution in [0.4, 0.5) is 0 Å². The Bertz CT molecular complexity index is 630. The Hall–Kier alpha value is -2.80. The zero-order chi connectivity index (χ0) is 14.2. The summed E-state index contributed by atoms with van der Waals surface area (Å²) in [4.78, 5) is 4.69. The molecular formula is C16H14N2O2. The monoisotopic (exact) mass is 266 g/mol. The summed E-state index contributed by atoms with van der Waals surface area (Å²) in [6.45, 7) is 0.366. The smallest absolute Gasteiger partial charge is 0.187 e. The Morgan fingerprint density at radius 3 is 2.50 bits per heavy atom. The molecule has 0 unspecified atom stereocenters. The molecule has 0 radical (unpaired) electrons. The van der Waals surface area contributed by atoms with Gasteiger partial charge in [-0.25, -0.2) is 0 Å². The third-order valence-corrected chi connectivity index (χ3v) is 2.70. The first-order valence-corrected chi connectivity index (χ1v) is 6.12. The van der Waals surface area contributed by atoms with Gasteiger partial charge in [0.1, 0.15) is 25.5 Å². The summed E-state index contributed by atoms with van der Waals surface area (Å²) in [7, 11) is 1.42. The topological polar surface area (TPSA) is 54.6 Å². The first kappa shape index (κ1) is 13.6. The highest BCUT2D eigenvalue weighted by atomic mass is 16.6. The molecule has 0 aromatic heterocycles. The van der Waals surface area contributed by atoms with Gasteiger partial charge < -0.3 is 9.57 Å². The van der Waals surface area contributed by atoms with Crippen molar-refractivity contribution in [2.75, 3.05) is 7.11 Å². The molecule has 4 nitrogen and oxygen atoms in total. The van der Waals surface area contributed by atoms with Gasteiger partial charge in [0.05, 0.1) is 0 Å². The fraction of sp³-hybridized carbons (Fsp3) is 0.125. The Morgan fingerprint density at radius 1 is 1.10 bits per heavy atom. The normalized spacial score (nSPS) is 10.7. The molecule has 2 aromatic carbocycles. The lowest BCUT2D eigenvalue weighted by Gasteiger charge is -2.09. The summed E-state index contributed by atoms with van der Waals surface area (Å²) >= 11 is 0. The van der Waals surface area contributed by atoms with Gasteiger partial charge in [-0.15, -0.1) is 0 Å². The van der Waals surface area contributed by atoms with E-state index in [1.807, 2.05) is 60.7 Å². The molecule has 0 heterocycles. The van der Waals surface area contributed by atoms with Gasteiger partial charge in [-0.05, 0) is 17.7 Å². The number of ether oxygens (including phenoxy) is 1. The summed E-state index contributed by atoms with van der Waals surface area (Å²) in [5.41, 5.74) is 1.83. The van der Waals surface area contributed by atoms with E-state index in [0.717, 1.165) is 11.3 Å². The molecule has 0 amide bonds. The van der Waals surface area contributed by atoms with Crippen LogP contribution in [0, 0.1) is 11.3 Å². The van der Waals surface area contributed by atoms with Crippen LogP contribution in [0.25, 0.3) is 0 Å². The Balaban J connectivity index is 2.20. The van der Waals surface area contributed by atoms with Crippen LogP contribution in [0.5, 0.6) is 5.75 Å². The van der Waals surface area contributed by atoms with Crippen LogP contribution in [0.15, 0.2) is 59.8 Å². The number of hydrogen-bond donors (Lipinski definition) is 0. The maximum absolute atomic E-state index is 9.12. The summed E-state index contributed by atoms with van der Waals surface area (Å²) in [6.07, 6.45) is 0. The number of nitriles is 1. The molecule has 4 heteroatoms. The molecule has 2 rings (SSSR count). The predicted molar refractivity (Wildman–Crippen MR) is 76.4 cm³/mol. The lowest BCUT2D eigenvalue weighted by Crippen LogP contribution is -2.06. The van der Waals surface area contributed by atoms with Gasteiger partial charge in [0.15, 0.2) is 5.71 Å². The molecule has 0 fully saturated rings. The van der Waals surface area contributed by atoms with E-state index in [1.165, 1.54) is 7.11 Å². The van der Waals surface area contributed by atoms with Crippen molar-refractivity contribution in [3.8, 4) is 11.8 Å². The fourth-order valence-corrected chi connectivity index (χ4v) is 1.78. The number of oxime groups is 1.